The van der Waals surface area contributed by atoms with Gasteiger partial charge in [0.2, 0.25) is 0 Å². The van der Waals surface area contributed by atoms with Gasteiger partial charge < -0.3 is 11.5 Å². The van der Waals surface area contributed by atoms with Crippen molar-refractivity contribution in [1.82, 2.24) is 0 Å². The van der Waals surface area contributed by atoms with Crippen molar-refractivity contribution in [3.05, 3.63) is 22.8 Å². The lowest BCUT2D eigenvalue weighted by Crippen LogP contribution is -2.06. The maximum atomic E-state index is 6.28. The molecule has 2 nitrogen and oxygen atoms in total. The van der Waals surface area contributed by atoms with Crippen LogP contribution in [0.15, 0.2) is 6.07 Å². The van der Waals surface area contributed by atoms with E-state index >= 15 is 0 Å². The molecule has 0 bridgehead atoms. The van der Waals surface area contributed by atoms with E-state index < -0.39 is 0 Å². The fourth-order valence-corrected chi connectivity index (χ4v) is 2.19. The van der Waals surface area contributed by atoms with Crippen molar-refractivity contribution in [1.29, 1.82) is 0 Å². The van der Waals surface area contributed by atoms with E-state index in [9.17, 15) is 0 Å². The molecule has 1 aromatic carbocycles. The highest BCUT2D eigenvalue weighted by Crippen LogP contribution is 2.29. The molecule has 0 heterocycles. The number of hydrogen-bond donors (Lipinski definition) is 2. The number of nitrogens with two attached hydrogens (primary N) is 2. The maximum absolute atomic E-state index is 6.28. The minimum atomic E-state index is 0.899. The van der Waals surface area contributed by atoms with Gasteiger partial charge in [-0.05, 0) is 55.4 Å². The summed E-state index contributed by atoms with van der Waals surface area (Å²) in [7, 11) is 0. The number of benzene rings is 1. The Morgan fingerprint density at radius 2 is 1.59 bits per heavy atom. The molecule has 1 rings (SSSR count). The van der Waals surface area contributed by atoms with Crippen LogP contribution in [0.25, 0.3) is 0 Å². The van der Waals surface area contributed by atoms with Crippen LogP contribution in [0.3, 0.4) is 0 Å². The Morgan fingerprint density at radius 3 is 2.18 bits per heavy atom. The summed E-state index contributed by atoms with van der Waals surface area (Å²) in [5, 5.41) is 0. The fraction of sp³-hybridized carbons (Fsp3) is 0.600. The Balaban J connectivity index is 3.04. The van der Waals surface area contributed by atoms with E-state index in [0.717, 1.165) is 24.2 Å². The zero-order valence-electron chi connectivity index (χ0n) is 11.5. The molecule has 0 radical (unpaired) electrons. The molecular formula is C15H26N2. The van der Waals surface area contributed by atoms with Gasteiger partial charge in [0.25, 0.3) is 0 Å². The van der Waals surface area contributed by atoms with Crippen LogP contribution in [0.1, 0.15) is 56.2 Å². The molecule has 0 aliphatic heterocycles. The Morgan fingerprint density at radius 1 is 1.00 bits per heavy atom. The predicted octanol–water partition coefficient (Wildman–Crippen LogP) is 3.84. The summed E-state index contributed by atoms with van der Waals surface area (Å²) >= 11 is 0. The van der Waals surface area contributed by atoms with E-state index in [1.54, 1.807) is 0 Å². The second-order valence-electron chi connectivity index (χ2n) is 4.85. The molecular weight excluding hydrogens is 208 g/mol. The molecule has 0 saturated heterocycles. The lowest BCUT2D eigenvalue weighted by atomic mass is 9.94. The standard InChI is InChI=1S/C15H26N2/c1-4-6-8-12-10-14(16)11(3)13(15(12)17)9-7-5-2/h10H,4-9,16-17H2,1-3H3. The van der Waals surface area contributed by atoms with Gasteiger partial charge in [-0.1, -0.05) is 26.7 Å². The number of nitrogen functional groups attached to an aromatic ring is 2. The molecule has 0 spiro atoms. The van der Waals surface area contributed by atoms with E-state index in [1.165, 1.54) is 42.4 Å². The van der Waals surface area contributed by atoms with Crippen LogP contribution in [0.5, 0.6) is 0 Å². The van der Waals surface area contributed by atoms with Gasteiger partial charge in [-0.3, -0.25) is 0 Å². The molecule has 0 unspecified atom stereocenters. The van der Waals surface area contributed by atoms with Gasteiger partial charge in [0.15, 0.2) is 0 Å². The molecule has 0 aromatic heterocycles. The topological polar surface area (TPSA) is 52.0 Å². The second-order valence-corrected chi connectivity index (χ2v) is 4.85. The van der Waals surface area contributed by atoms with Crippen LogP contribution in [0.2, 0.25) is 0 Å². The summed E-state index contributed by atoms with van der Waals surface area (Å²) in [5.41, 5.74) is 17.9. The highest BCUT2D eigenvalue weighted by molar-refractivity contribution is 5.66. The van der Waals surface area contributed by atoms with Crippen molar-refractivity contribution >= 4 is 11.4 Å². The summed E-state index contributed by atoms with van der Waals surface area (Å²) in [6.07, 6.45) is 6.85. The Kier molecular flexibility index (Phi) is 5.33. The zero-order chi connectivity index (χ0) is 12.8. The summed E-state index contributed by atoms with van der Waals surface area (Å²) < 4.78 is 0. The van der Waals surface area contributed by atoms with Crippen molar-refractivity contribution in [2.24, 2.45) is 0 Å². The van der Waals surface area contributed by atoms with Crippen LogP contribution in [-0.4, -0.2) is 0 Å². The smallest absolute Gasteiger partial charge is 0.0383 e. The van der Waals surface area contributed by atoms with E-state index in [2.05, 4.69) is 26.8 Å². The lowest BCUT2D eigenvalue weighted by Gasteiger charge is -2.16. The third-order valence-electron chi connectivity index (χ3n) is 3.47. The van der Waals surface area contributed by atoms with E-state index in [4.69, 9.17) is 11.5 Å². The van der Waals surface area contributed by atoms with Gasteiger partial charge in [-0.25, -0.2) is 0 Å². The third-order valence-corrected chi connectivity index (χ3v) is 3.47. The molecule has 4 N–H and O–H groups in total. The van der Waals surface area contributed by atoms with Crippen LogP contribution in [0.4, 0.5) is 11.4 Å². The number of unbranched alkanes of at least 4 members (excludes halogenated alkanes) is 2. The largest absolute Gasteiger partial charge is 0.398 e. The summed E-state index contributed by atoms with van der Waals surface area (Å²) in [4.78, 5) is 0. The van der Waals surface area contributed by atoms with Gasteiger partial charge in [0.1, 0.15) is 0 Å². The molecule has 0 fully saturated rings. The first kappa shape index (κ1) is 13.9. The predicted molar refractivity (Wildman–Crippen MR) is 77.2 cm³/mol. The molecule has 2 heteroatoms. The molecule has 0 aliphatic carbocycles. The quantitative estimate of drug-likeness (QED) is 0.735. The molecule has 1 aromatic rings. The number of aryl methyl sites for hydroxylation is 1. The first-order chi connectivity index (χ1) is 8.11. The monoisotopic (exact) mass is 234 g/mol. The number of hydrogen-bond acceptors (Lipinski definition) is 2. The minimum Gasteiger partial charge on any atom is -0.398 e. The highest BCUT2D eigenvalue weighted by Gasteiger charge is 2.11. The van der Waals surface area contributed by atoms with E-state index in [0.29, 0.717) is 0 Å². The SMILES string of the molecule is CCCCc1cc(N)c(C)c(CCCC)c1N. The third kappa shape index (κ3) is 3.39. The molecule has 0 atom stereocenters. The maximum Gasteiger partial charge on any atom is 0.0383 e. The normalized spacial score (nSPS) is 10.8. The van der Waals surface area contributed by atoms with Crippen LogP contribution in [0, 0.1) is 6.92 Å². The summed E-state index contributed by atoms with van der Waals surface area (Å²) in [6, 6.07) is 2.07. The van der Waals surface area contributed by atoms with Gasteiger partial charge in [0.05, 0.1) is 0 Å². The van der Waals surface area contributed by atoms with Crippen LogP contribution in [-0.2, 0) is 12.8 Å². The summed E-state index contributed by atoms with van der Waals surface area (Å²) in [6.45, 7) is 6.49. The average Bonchev–Trinajstić information content (AvgIpc) is 2.32. The van der Waals surface area contributed by atoms with Crippen molar-refractivity contribution < 1.29 is 0 Å². The molecule has 17 heavy (non-hydrogen) atoms. The zero-order valence-corrected chi connectivity index (χ0v) is 11.5. The summed E-state index contributed by atoms with van der Waals surface area (Å²) in [5.74, 6) is 0. The second kappa shape index (κ2) is 6.53. The number of rotatable bonds is 6. The van der Waals surface area contributed by atoms with E-state index in [-0.39, 0.29) is 0 Å². The molecule has 0 saturated carbocycles. The van der Waals surface area contributed by atoms with Gasteiger partial charge in [-0.2, -0.15) is 0 Å². The van der Waals surface area contributed by atoms with Gasteiger partial charge in [0, 0.05) is 11.4 Å². The van der Waals surface area contributed by atoms with Gasteiger partial charge in [-0.15, -0.1) is 0 Å². The Bertz CT molecular complexity index is 370. The van der Waals surface area contributed by atoms with Crippen molar-refractivity contribution in [2.75, 3.05) is 11.5 Å². The molecule has 96 valence electrons. The lowest BCUT2D eigenvalue weighted by molar-refractivity contribution is 0.781. The Hall–Kier alpha value is -1.18. The molecule has 0 amide bonds. The molecule has 0 aliphatic rings. The fourth-order valence-electron chi connectivity index (χ4n) is 2.19. The minimum absolute atomic E-state index is 0.899. The highest BCUT2D eigenvalue weighted by atomic mass is 14.6. The van der Waals surface area contributed by atoms with Crippen molar-refractivity contribution in [2.45, 2.75) is 59.3 Å². The van der Waals surface area contributed by atoms with Crippen LogP contribution < -0.4 is 11.5 Å². The van der Waals surface area contributed by atoms with Crippen LogP contribution >= 0.6 is 0 Å². The first-order valence-corrected chi connectivity index (χ1v) is 6.78. The van der Waals surface area contributed by atoms with Crippen molar-refractivity contribution in [3.8, 4) is 0 Å². The van der Waals surface area contributed by atoms with E-state index in [1.807, 2.05) is 0 Å². The van der Waals surface area contributed by atoms with Crippen molar-refractivity contribution in [3.63, 3.8) is 0 Å². The Labute approximate surface area is 105 Å². The number of anilines is 2. The van der Waals surface area contributed by atoms with Gasteiger partial charge >= 0.3 is 0 Å². The average molecular weight is 234 g/mol. The first-order valence-electron chi connectivity index (χ1n) is 6.78.